The molecule has 1 N–H and O–H groups in total. The molecule has 1 aliphatic heterocycles. The lowest BCUT2D eigenvalue weighted by molar-refractivity contribution is -0.137. The molecule has 0 aromatic heterocycles. The second kappa shape index (κ2) is 3.95. The summed E-state index contributed by atoms with van der Waals surface area (Å²) in [4.78, 5) is 10.9. The molecule has 1 heterocycles. The number of hydrogen-bond acceptors (Lipinski definition) is 3. The predicted molar refractivity (Wildman–Crippen MR) is 60.3 cm³/mol. The monoisotopic (exact) mass is 234 g/mol. The molecule has 0 saturated heterocycles. The number of carbonyl (C=O) groups is 1. The number of aliphatic carboxylic acids is 1. The van der Waals surface area contributed by atoms with E-state index in [9.17, 15) is 4.79 Å². The van der Waals surface area contributed by atoms with E-state index in [1.54, 1.807) is 0 Å². The number of rotatable bonds is 4. The van der Waals surface area contributed by atoms with Crippen LogP contribution in [0.4, 0.5) is 0 Å². The maximum atomic E-state index is 10.9. The SMILES string of the molecule is O=C(O)CC(c1ccc2c(c1)OCO2)C1CC1. The Bertz CT molecular complexity index is 451. The zero-order chi connectivity index (χ0) is 11.8. The summed E-state index contributed by atoms with van der Waals surface area (Å²) in [6.45, 7) is 0.256. The van der Waals surface area contributed by atoms with Gasteiger partial charge in [-0.2, -0.15) is 0 Å². The van der Waals surface area contributed by atoms with Crippen LogP contribution in [0.2, 0.25) is 0 Å². The Hall–Kier alpha value is -1.71. The fourth-order valence-electron chi connectivity index (χ4n) is 2.39. The summed E-state index contributed by atoms with van der Waals surface area (Å²) in [7, 11) is 0. The Labute approximate surface area is 99.2 Å². The van der Waals surface area contributed by atoms with E-state index in [1.165, 1.54) is 0 Å². The first-order valence-electron chi connectivity index (χ1n) is 5.85. The van der Waals surface area contributed by atoms with Crippen LogP contribution >= 0.6 is 0 Å². The number of carboxylic acids is 1. The molecule has 1 unspecified atom stereocenters. The Kier molecular flexibility index (Phi) is 2.42. The largest absolute Gasteiger partial charge is 0.481 e. The van der Waals surface area contributed by atoms with E-state index in [4.69, 9.17) is 14.6 Å². The number of carboxylic acid groups (broad SMARTS) is 1. The number of ether oxygens (including phenoxy) is 2. The van der Waals surface area contributed by atoms with Gasteiger partial charge in [0.15, 0.2) is 11.5 Å². The van der Waals surface area contributed by atoms with Gasteiger partial charge >= 0.3 is 5.97 Å². The van der Waals surface area contributed by atoms with Crippen LogP contribution in [-0.4, -0.2) is 17.9 Å². The molecule has 1 atom stereocenters. The number of hydrogen-bond donors (Lipinski definition) is 1. The molecule has 0 spiro atoms. The molecule has 90 valence electrons. The second-order valence-electron chi connectivity index (χ2n) is 4.65. The minimum absolute atomic E-state index is 0.113. The molecule has 0 amide bonds. The van der Waals surface area contributed by atoms with Crippen LogP contribution in [0.3, 0.4) is 0 Å². The van der Waals surface area contributed by atoms with Crippen molar-refractivity contribution in [2.24, 2.45) is 5.92 Å². The molecule has 17 heavy (non-hydrogen) atoms. The molecule has 4 heteroatoms. The molecule has 0 bridgehead atoms. The van der Waals surface area contributed by atoms with Gasteiger partial charge in [0, 0.05) is 0 Å². The Morgan fingerprint density at radius 1 is 1.35 bits per heavy atom. The minimum atomic E-state index is -0.737. The molecule has 1 aromatic rings. The number of benzene rings is 1. The van der Waals surface area contributed by atoms with Gasteiger partial charge in [-0.15, -0.1) is 0 Å². The average Bonchev–Trinajstić information content (AvgIpc) is 3.03. The Balaban J connectivity index is 1.87. The fourth-order valence-corrected chi connectivity index (χ4v) is 2.39. The highest BCUT2D eigenvalue weighted by molar-refractivity contribution is 5.68. The third kappa shape index (κ3) is 2.07. The summed E-state index contributed by atoms with van der Waals surface area (Å²) in [6, 6.07) is 5.75. The first kappa shape index (κ1) is 10.4. The Morgan fingerprint density at radius 3 is 2.82 bits per heavy atom. The van der Waals surface area contributed by atoms with Crippen LogP contribution in [0.15, 0.2) is 18.2 Å². The molecular weight excluding hydrogens is 220 g/mol. The molecular formula is C13H14O4. The summed E-state index contributed by atoms with van der Waals surface area (Å²) >= 11 is 0. The normalized spacial score (nSPS) is 19.1. The van der Waals surface area contributed by atoms with Gasteiger partial charge in [-0.05, 0) is 42.4 Å². The van der Waals surface area contributed by atoms with Crippen molar-refractivity contribution in [1.82, 2.24) is 0 Å². The molecule has 2 aliphatic rings. The van der Waals surface area contributed by atoms with Crippen LogP contribution in [0.5, 0.6) is 11.5 Å². The van der Waals surface area contributed by atoms with E-state index in [2.05, 4.69) is 0 Å². The second-order valence-corrected chi connectivity index (χ2v) is 4.65. The van der Waals surface area contributed by atoms with Crippen molar-refractivity contribution in [3.8, 4) is 11.5 Å². The van der Waals surface area contributed by atoms with E-state index in [-0.39, 0.29) is 19.1 Å². The van der Waals surface area contributed by atoms with Crippen molar-refractivity contribution in [3.63, 3.8) is 0 Å². The zero-order valence-corrected chi connectivity index (χ0v) is 9.39. The van der Waals surface area contributed by atoms with E-state index in [1.807, 2.05) is 18.2 Å². The minimum Gasteiger partial charge on any atom is -0.481 e. The molecule has 1 saturated carbocycles. The van der Waals surface area contributed by atoms with Gasteiger partial charge in [0.25, 0.3) is 0 Å². The molecule has 0 radical (unpaired) electrons. The Morgan fingerprint density at radius 2 is 2.12 bits per heavy atom. The van der Waals surface area contributed by atoms with E-state index in [0.717, 1.165) is 29.9 Å². The lowest BCUT2D eigenvalue weighted by Gasteiger charge is -2.14. The van der Waals surface area contributed by atoms with Crippen molar-refractivity contribution >= 4 is 5.97 Å². The first-order chi connectivity index (χ1) is 8.24. The molecule has 1 aromatic carbocycles. The van der Waals surface area contributed by atoms with Crippen molar-refractivity contribution in [2.75, 3.05) is 6.79 Å². The summed E-state index contributed by atoms with van der Waals surface area (Å²) in [5.74, 6) is 1.38. The highest BCUT2D eigenvalue weighted by Crippen LogP contribution is 2.46. The summed E-state index contributed by atoms with van der Waals surface area (Å²) in [6.07, 6.45) is 2.46. The van der Waals surface area contributed by atoms with Crippen molar-refractivity contribution in [1.29, 1.82) is 0 Å². The van der Waals surface area contributed by atoms with Crippen LogP contribution < -0.4 is 9.47 Å². The molecule has 1 fully saturated rings. The van der Waals surface area contributed by atoms with Crippen LogP contribution in [-0.2, 0) is 4.79 Å². The highest BCUT2D eigenvalue weighted by Gasteiger charge is 2.34. The van der Waals surface area contributed by atoms with Gasteiger partial charge in [-0.1, -0.05) is 6.07 Å². The maximum Gasteiger partial charge on any atom is 0.303 e. The first-order valence-corrected chi connectivity index (χ1v) is 5.85. The highest BCUT2D eigenvalue weighted by atomic mass is 16.7. The standard InChI is InChI=1S/C13H14O4/c14-13(15)6-10(8-1-2-8)9-3-4-11-12(5-9)17-7-16-11/h3-5,8,10H,1-2,6-7H2,(H,14,15). The topological polar surface area (TPSA) is 55.8 Å². The van der Waals surface area contributed by atoms with Crippen molar-refractivity contribution < 1.29 is 19.4 Å². The van der Waals surface area contributed by atoms with Gasteiger partial charge in [-0.3, -0.25) is 4.79 Å². The quantitative estimate of drug-likeness (QED) is 0.869. The zero-order valence-electron chi connectivity index (χ0n) is 9.39. The van der Waals surface area contributed by atoms with Crippen LogP contribution in [0.25, 0.3) is 0 Å². The lowest BCUT2D eigenvalue weighted by atomic mass is 9.91. The summed E-state index contributed by atoms with van der Waals surface area (Å²) in [5, 5.41) is 8.96. The van der Waals surface area contributed by atoms with Gasteiger partial charge in [0.2, 0.25) is 6.79 Å². The summed E-state index contributed by atoms with van der Waals surface area (Å²) < 4.78 is 10.6. The van der Waals surface area contributed by atoms with E-state index < -0.39 is 5.97 Å². The third-order valence-corrected chi connectivity index (χ3v) is 3.41. The van der Waals surface area contributed by atoms with Gasteiger partial charge in [0.05, 0.1) is 6.42 Å². The maximum absolute atomic E-state index is 10.9. The molecule has 3 rings (SSSR count). The molecule has 4 nitrogen and oxygen atoms in total. The van der Waals surface area contributed by atoms with Crippen molar-refractivity contribution in [3.05, 3.63) is 23.8 Å². The van der Waals surface area contributed by atoms with Crippen molar-refractivity contribution in [2.45, 2.75) is 25.2 Å². The van der Waals surface area contributed by atoms with E-state index in [0.29, 0.717) is 5.92 Å². The summed E-state index contributed by atoms with van der Waals surface area (Å²) in [5.41, 5.74) is 1.05. The van der Waals surface area contributed by atoms with Gasteiger partial charge < -0.3 is 14.6 Å². The fraction of sp³-hybridized carbons (Fsp3) is 0.462. The van der Waals surface area contributed by atoms with Gasteiger partial charge in [-0.25, -0.2) is 0 Å². The van der Waals surface area contributed by atoms with Crippen LogP contribution in [0, 0.1) is 5.92 Å². The van der Waals surface area contributed by atoms with Crippen LogP contribution in [0.1, 0.15) is 30.7 Å². The lowest BCUT2D eigenvalue weighted by Crippen LogP contribution is -2.08. The predicted octanol–water partition coefficient (Wildman–Crippen LogP) is 2.38. The van der Waals surface area contributed by atoms with E-state index >= 15 is 0 Å². The smallest absolute Gasteiger partial charge is 0.303 e. The third-order valence-electron chi connectivity index (χ3n) is 3.41. The van der Waals surface area contributed by atoms with Gasteiger partial charge in [0.1, 0.15) is 0 Å². The number of fused-ring (bicyclic) bond motifs is 1. The molecule has 1 aliphatic carbocycles. The average molecular weight is 234 g/mol.